The van der Waals surface area contributed by atoms with Crippen molar-refractivity contribution in [3.8, 4) is 6.07 Å². The molecule has 0 unspecified atom stereocenters. The zero-order valence-electron chi connectivity index (χ0n) is 17.0. The quantitative estimate of drug-likeness (QED) is 0.792. The van der Waals surface area contributed by atoms with Crippen molar-refractivity contribution >= 4 is 18.7 Å². The van der Waals surface area contributed by atoms with Crippen molar-refractivity contribution in [1.29, 1.82) is 5.26 Å². The Hall–Kier alpha value is -1.97. The maximum Gasteiger partial charge on any atom is 0.261 e. The van der Waals surface area contributed by atoms with Crippen LogP contribution < -0.4 is 16.1 Å². The van der Waals surface area contributed by atoms with E-state index < -0.39 is 13.9 Å². The lowest BCUT2D eigenvalue weighted by molar-refractivity contribution is -0.0358. The van der Waals surface area contributed by atoms with Crippen LogP contribution in [0.25, 0.3) is 0 Å². The minimum absolute atomic E-state index is 0.0355. The fourth-order valence-electron chi connectivity index (χ4n) is 4.04. The van der Waals surface area contributed by atoms with Gasteiger partial charge in [-0.05, 0) is 28.3 Å². The number of ether oxygens (including phenoxy) is 1. The van der Waals surface area contributed by atoms with Crippen LogP contribution >= 0.6 is 0 Å². The Morgan fingerprint density at radius 3 is 2.04 bits per heavy atom. The highest BCUT2D eigenvalue weighted by Crippen LogP contribution is 2.37. The van der Waals surface area contributed by atoms with E-state index in [4.69, 9.17) is 14.9 Å². The van der Waals surface area contributed by atoms with Gasteiger partial charge in [-0.15, -0.1) is 0 Å². The fraction of sp³-hybridized carbons (Fsp3) is 0.435. The van der Waals surface area contributed by atoms with Crippen molar-refractivity contribution in [2.75, 3.05) is 13.2 Å². The van der Waals surface area contributed by atoms with Crippen LogP contribution in [0.4, 0.5) is 0 Å². The van der Waals surface area contributed by atoms with Gasteiger partial charge >= 0.3 is 0 Å². The van der Waals surface area contributed by atoms with Crippen molar-refractivity contribution in [1.82, 2.24) is 0 Å². The van der Waals surface area contributed by atoms with Crippen LogP contribution in [0.5, 0.6) is 0 Å². The summed E-state index contributed by atoms with van der Waals surface area (Å²) in [5.74, 6) is 0. The number of nitriles is 1. The Kier molecular flexibility index (Phi) is 6.06. The van der Waals surface area contributed by atoms with Gasteiger partial charge in [-0.2, -0.15) is 5.26 Å². The maximum absolute atomic E-state index is 9.22. The number of hydrogen-bond donors (Lipinski definition) is 1. The fourth-order valence-corrected chi connectivity index (χ4v) is 8.63. The molecular weight excluding hydrogens is 364 g/mol. The summed E-state index contributed by atoms with van der Waals surface area (Å²) in [6, 6.07) is 23.3. The van der Waals surface area contributed by atoms with Crippen LogP contribution in [0.2, 0.25) is 5.04 Å². The zero-order chi connectivity index (χ0) is 20.3. The third-order valence-corrected chi connectivity index (χ3v) is 10.6. The Morgan fingerprint density at radius 2 is 1.64 bits per heavy atom. The number of benzene rings is 2. The average Bonchev–Trinajstić information content (AvgIpc) is 2.70. The van der Waals surface area contributed by atoms with Crippen LogP contribution in [-0.4, -0.2) is 33.2 Å². The highest BCUT2D eigenvalue weighted by Gasteiger charge is 2.50. The molecule has 2 N–H and O–H groups in total. The van der Waals surface area contributed by atoms with Gasteiger partial charge in [0.05, 0.1) is 25.4 Å². The second-order valence-corrected chi connectivity index (χ2v) is 13.0. The summed E-state index contributed by atoms with van der Waals surface area (Å²) in [5.41, 5.74) is 5.17. The summed E-state index contributed by atoms with van der Waals surface area (Å²) in [6.07, 6.45) is 1.34. The van der Waals surface area contributed by atoms with E-state index in [0.29, 0.717) is 13.0 Å². The molecule has 0 spiro atoms. The van der Waals surface area contributed by atoms with E-state index in [1.54, 1.807) is 0 Å². The van der Waals surface area contributed by atoms with Gasteiger partial charge in [0, 0.05) is 0 Å². The Bertz CT molecular complexity index is 764. The first-order valence-corrected chi connectivity index (χ1v) is 11.8. The molecule has 2 aromatic rings. The summed E-state index contributed by atoms with van der Waals surface area (Å²) >= 11 is 0. The molecule has 1 aliphatic heterocycles. The van der Waals surface area contributed by atoms with Crippen LogP contribution in [0, 0.1) is 11.3 Å². The van der Waals surface area contributed by atoms with Crippen LogP contribution in [-0.2, 0) is 9.16 Å². The minimum atomic E-state index is -2.55. The molecule has 0 aromatic heterocycles. The van der Waals surface area contributed by atoms with E-state index >= 15 is 0 Å². The van der Waals surface area contributed by atoms with Gasteiger partial charge in [0.25, 0.3) is 8.32 Å². The van der Waals surface area contributed by atoms with Gasteiger partial charge < -0.3 is 14.9 Å². The molecule has 0 radical (unpaired) electrons. The van der Waals surface area contributed by atoms with Crippen molar-refractivity contribution in [3.05, 3.63) is 60.7 Å². The van der Waals surface area contributed by atoms with Crippen molar-refractivity contribution in [2.24, 2.45) is 5.73 Å². The minimum Gasteiger partial charge on any atom is -0.405 e. The molecule has 0 bridgehead atoms. The van der Waals surface area contributed by atoms with E-state index in [2.05, 4.69) is 75.4 Å². The molecule has 1 heterocycles. The van der Waals surface area contributed by atoms with E-state index in [-0.39, 0.29) is 17.7 Å². The molecule has 0 aliphatic carbocycles. The van der Waals surface area contributed by atoms with Crippen molar-refractivity contribution in [2.45, 2.75) is 50.3 Å². The topological polar surface area (TPSA) is 68.3 Å². The highest BCUT2D eigenvalue weighted by atomic mass is 28.4. The smallest absolute Gasteiger partial charge is 0.261 e. The lowest BCUT2D eigenvalue weighted by atomic mass is 9.93. The Balaban J connectivity index is 1.93. The Morgan fingerprint density at radius 1 is 1.11 bits per heavy atom. The molecule has 1 fully saturated rings. The summed E-state index contributed by atoms with van der Waals surface area (Å²) in [7, 11) is -2.55. The molecule has 2 aromatic carbocycles. The first kappa shape index (κ1) is 20.8. The third kappa shape index (κ3) is 4.06. The first-order chi connectivity index (χ1) is 13.3. The van der Waals surface area contributed by atoms with Crippen LogP contribution in [0.15, 0.2) is 60.7 Å². The maximum atomic E-state index is 9.22. The molecule has 2 atom stereocenters. The standard InChI is InChI=1S/C23H30N2O2Si/c1-22(2,3)28(20-10-6-4-7-11-20,21-12-8-5-9-13-21)27-16-19-14-15-23(25,17-24)18-26-19/h4-13,19H,14-16,18,25H2,1-3H3/t19-,23-/m0/s1. The molecule has 0 saturated carbocycles. The number of rotatable bonds is 5. The summed E-state index contributed by atoms with van der Waals surface area (Å²) < 4.78 is 12.8. The molecular formula is C23H30N2O2Si. The molecule has 4 nitrogen and oxygen atoms in total. The molecule has 3 rings (SSSR count). The largest absolute Gasteiger partial charge is 0.405 e. The van der Waals surface area contributed by atoms with Crippen LogP contribution in [0.3, 0.4) is 0 Å². The summed E-state index contributed by atoms with van der Waals surface area (Å²) in [4.78, 5) is 0. The normalized spacial score (nSPS) is 23.2. The van der Waals surface area contributed by atoms with E-state index in [1.807, 2.05) is 12.1 Å². The summed E-state index contributed by atoms with van der Waals surface area (Å²) in [5, 5.41) is 11.7. The van der Waals surface area contributed by atoms with E-state index in [0.717, 1.165) is 6.42 Å². The van der Waals surface area contributed by atoms with Gasteiger partial charge in [0.2, 0.25) is 0 Å². The SMILES string of the molecule is CC(C)(C)[Si](OC[C@@H]1CC[C@](N)(C#N)CO1)(c1ccccc1)c1ccccc1. The lowest BCUT2D eigenvalue weighted by Gasteiger charge is -2.44. The Labute approximate surface area is 169 Å². The monoisotopic (exact) mass is 394 g/mol. The molecule has 1 aliphatic rings. The number of hydrogen-bond acceptors (Lipinski definition) is 4. The first-order valence-electron chi connectivity index (χ1n) is 9.87. The van der Waals surface area contributed by atoms with Crippen molar-refractivity contribution in [3.63, 3.8) is 0 Å². The van der Waals surface area contributed by atoms with Gasteiger partial charge in [0.1, 0.15) is 5.54 Å². The molecule has 0 amide bonds. The van der Waals surface area contributed by atoms with Crippen LogP contribution in [0.1, 0.15) is 33.6 Å². The predicted molar refractivity (Wildman–Crippen MR) is 115 cm³/mol. The lowest BCUT2D eigenvalue weighted by Crippen LogP contribution is -2.67. The number of nitrogens with two attached hydrogens (primary N) is 1. The summed E-state index contributed by atoms with van der Waals surface area (Å²) in [6.45, 7) is 7.57. The predicted octanol–water partition coefficient (Wildman–Crippen LogP) is 2.96. The highest BCUT2D eigenvalue weighted by molar-refractivity contribution is 6.99. The zero-order valence-corrected chi connectivity index (χ0v) is 18.0. The van der Waals surface area contributed by atoms with Gasteiger partial charge in [0.15, 0.2) is 0 Å². The molecule has 28 heavy (non-hydrogen) atoms. The second-order valence-electron chi connectivity index (χ2n) is 8.71. The van der Waals surface area contributed by atoms with E-state index in [9.17, 15) is 5.26 Å². The molecule has 148 valence electrons. The van der Waals surface area contributed by atoms with Gasteiger partial charge in [-0.25, -0.2) is 0 Å². The second kappa shape index (κ2) is 8.18. The molecule has 5 heteroatoms. The molecule has 1 saturated heterocycles. The van der Waals surface area contributed by atoms with Crippen molar-refractivity contribution < 1.29 is 9.16 Å². The third-order valence-electron chi connectivity index (χ3n) is 5.61. The van der Waals surface area contributed by atoms with Gasteiger partial charge in [-0.1, -0.05) is 81.4 Å². The van der Waals surface area contributed by atoms with E-state index in [1.165, 1.54) is 10.4 Å². The number of nitrogens with zero attached hydrogens (tertiary/aromatic N) is 1. The van der Waals surface area contributed by atoms with Gasteiger partial charge in [-0.3, -0.25) is 0 Å². The average molecular weight is 395 g/mol.